The molecule has 0 unspecified atom stereocenters. The molecule has 16 heavy (non-hydrogen) atoms. The van der Waals surface area contributed by atoms with Crippen LogP contribution in [0.15, 0.2) is 6.20 Å². The lowest BCUT2D eigenvalue weighted by molar-refractivity contribution is 0.469. The Kier molecular flexibility index (Phi) is 2.81. The fraction of sp³-hybridized carbons (Fsp3) is 0.833. The summed E-state index contributed by atoms with van der Waals surface area (Å²) in [5.41, 5.74) is 1.57. The maximum absolute atomic E-state index is 4.38. The van der Waals surface area contributed by atoms with E-state index in [2.05, 4.69) is 49.1 Å². The molecule has 0 aliphatic heterocycles. The first-order valence-corrected chi connectivity index (χ1v) is 8.93. The number of rotatable bonds is 4. The number of nitrogens with zero attached hydrogens (tertiary/aromatic N) is 3. The monoisotopic (exact) mass is 241 g/mol. The molecule has 1 fully saturated rings. The van der Waals surface area contributed by atoms with Crippen molar-refractivity contribution in [1.82, 2.24) is 15.0 Å². The van der Waals surface area contributed by atoms with E-state index in [0.29, 0.717) is 11.3 Å². The van der Waals surface area contributed by atoms with Crippen LogP contribution >= 0.6 is 10.0 Å². The largest absolute Gasteiger partial charge is 0.244 e. The summed E-state index contributed by atoms with van der Waals surface area (Å²) in [4.78, 5) is 0. The summed E-state index contributed by atoms with van der Waals surface area (Å²) in [5.74, 6) is 1.70. The van der Waals surface area contributed by atoms with Gasteiger partial charge in [0.1, 0.15) is 0 Å². The van der Waals surface area contributed by atoms with Gasteiger partial charge in [-0.2, -0.15) is 0 Å². The Balaban J connectivity index is 2.14. The molecule has 0 spiro atoms. The summed E-state index contributed by atoms with van der Waals surface area (Å²) in [6, 6.07) is 0. The van der Waals surface area contributed by atoms with Crippen molar-refractivity contribution in [1.29, 1.82) is 0 Å². The fourth-order valence-corrected chi connectivity index (χ4v) is 3.17. The van der Waals surface area contributed by atoms with Crippen LogP contribution in [0, 0.1) is 5.92 Å². The van der Waals surface area contributed by atoms with Crippen LogP contribution in [0.3, 0.4) is 0 Å². The summed E-state index contributed by atoms with van der Waals surface area (Å²) >= 11 is 0. The minimum absolute atomic E-state index is 0.353. The summed E-state index contributed by atoms with van der Waals surface area (Å²) < 4.78 is 2.03. The molecule has 3 nitrogen and oxygen atoms in total. The molecule has 0 N–H and O–H groups in total. The fourth-order valence-electron chi connectivity index (χ4n) is 2.25. The van der Waals surface area contributed by atoms with Crippen LogP contribution < -0.4 is 0 Å². The Morgan fingerprint density at radius 1 is 1.38 bits per heavy atom. The standard InChI is InChI=1S/C12H23N3S/c1-10(2)12(6-7-12)11-8-15(14-13-11)9-16(3,4)5/h8,10H,6-7,9H2,1-5H3. The van der Waals surface area contributed by atoms with Crippen molar-refractivity contribution in [2.45, 2.75) is 38.0 Å². The highest BCUT2D eigenvalue weighted by Crippen LogP contribution is 2.53. The molecule has 1 aromatic heterocycles. The highest BCUT2D eigenvalue weighted by atomic mass is 32.3. The molecule has 0 bridgehead atoms. The first kappa shape index (κ1) is 12.0. The van der Waals surface area contributed by atoms with Crippen molar-refractivity contribution in [2.24, 2.45) is 5.92 Å². The van der Waals surface area contributed by atoms with E-state index in [-0.39, 0.29) is 0 Å². The smallest absolute Gasteiger partial charge is 0.0891 e. The average molecular weight is 241 g/mol. The summed E-state index contributed by atoms with van der Waals surface area (Å²) in [6.07, 6.45) is 11.7. The maximum Gasteiger partial charge on any atom is 0.0891 e. The zero-order valence-electron chi connectivity index (χ0n) is 11.0. The van der Waals surface area contributed by atoms with E-state index in [0.717, 1.165) is 5.88 Å². The maximum atomic E-state index is 4.38. The van der Waals surface area contributed by atoms with Crippen molar-refractivity contribution < 1.29 is 0 Å². The molecule has 0 atom stereocenters. The quantitative estimate of drug-likeness (QED) is 0.811. The summed E-state index contributed by atoms with van der Waals surface area (Å²) in [6.45, 7) is 4.59. The third-order valence-electron chi connectivity index (χ3n) is 3.46. The van der Waals surface area contributed by atoms with Crippen LogP contribution in [0.2, 0.25) is 0 Å². The molecule has 4 heteroatoms. The van der Waals surface area contributed by atoms with Gasteiger partial charge in [0, 0.05) is 11.6 Å². The van der Waals surface area contributed by atoms with Crippen molar-refractivity contribution in [3.8, 4) is 0 Å². The predicted octanol–water partition coefficient (Wildman–Crippen LogP) is 2.62. The van der Waals surface area contributed by atoms with Crippen LogP contribution in [0.25, 0.3) is 0 Å². The van der Waals surface area contributed by atoms with Gasteiger partial charge in [0.05, 0.1) is 11.6 Å². The molecule has 1 heterocycles. The van der Waals surface area contributed by atoms with Crippen LogP contribution in [-0.2, 0) is 11.3 Å². The van der Waals surface area contributed by atoms with Crippen LogP contribution in [0.5, 0.6) is 0 Å². The Morgan fingerprint density at radius 2 is 2.00 bits per heavy atom. The van der Waals surface area contributed by atoms with Crippen LogP contribution in [0.4, 0.5) is 0 Å². The van der Waals surface area contributed by atoms with E-state index in [1.807, 2.05) is 4.68 Å². The third-order valence-corrected chi connectivity index (χ3v) is 4.50. The van der Waals surface area contributed by atoms with Gasteiger partial charge in [-0.05, 0) is 37.5 Å². The Hall–Kier alpha value is -0.510. The van der Waals surface area contributed by atoms with Crippen molar-refractivity contribution in [3.05, 3.63) is 11.9 Å². The van der Waals surface area contributed by atoms with Gasteiger partial charge in [-0.3, -0.25) is 0 Å². The molecule has 1 aromatic rings. The van der Waals surface area contributed by atoms with E-state index in [9.17, 15) is 0 Å². The topological polar surface area (TPSA) is 30.7 Å². The predicted molar refractivity (Wildman–Crippen MR) is 71.1 cm³/mol. The number of hydrogen-bond donors (Lipinski definition) is 0. The molecule has 0 aromatic carbocycles. The minimum atomic E-state index is -0.549. The van der Waals surface area contributed by atoms with Gasteiger partial charge in [-0.1, -0.05) is 19.1 Å². The third kappa shape index (κ3) is 2.26. The molecule has 1 aliphatic carbocycles. The molecule has 2 rings (SSSR count). The Labute approximate surface area is 99.9 Å². The van der Waals surface area contributed by atoms with Gasteiger partial charge in [-0.15, -0.1) is 5.10 Å². The second-order valence-corrected chi connectivity index (χ2v) is 10.6. The van der Waals surface area contributed by atoms with E-state index in [4.69, 9.17) is 0 Å². The lowest BCUT2D eigenvalue weighted by Gasteiger charge is -2.24. The lowest BCUT2D eigenvalue weighted by Crippen LogP contribution is -2.15. The van der Waals surface area contributed by atoms with E-state index < -0.39 is 10.0 Å². The first-order valence-electron chi connectivity index (χ1n) is 5.90. The molecule has 92 valence electrons. The zero-order chi connectivity index (χ0) is 12.0. The molecule has 0 saturated heterocycles. The van der Waals surface area contributed by atoms with E-state index in [1.165, 1.54) is 18.5 Å². The average Bonchev–Trinajstić information content (AvgIpc) is 2.81. The Bertz CT molecular complexity index is 372. The molecule has 1 saturated carbocycles. The van der Waals surface area contributed by atoms with Gasteiger partial charge >= 0.3 is 0 Å². The molecule has 0 radical (unpaired) electrons. The van der Waals surface area contributed by atoms with Gasteiger partial charge in [-0.25, -0.2) is 14.7 Å². The van der Waals surface area contributed by atoms with E-state index in [1.54, 1.807) is 0 Å². The van der Waals surface area contributed by atoms with Gasteiger partial charge < -0.3 is 0 Å². The van der Waals surface area contributed by atoms with Crippen molar-refractivity contribution >= 4 is 10.0 Å². The van der Waals surface area contributed by atoms with Crippen molar-refractivity contribution in [2.75, 3.05) is 18.8 Å². The SMILES string of the molecule is CC(C)C1(c2cn(CS(C)(C)C)nn2)CC1. The molecule has 0 amide bonds. The number of hydrogen-bond acceptors (Lipinski definition) is 2. The Morgan fingerprint density at radius 3 is 2.44 bits per heavy atom. The van der Waals surface area contributed by atoms with Crippen LogP contribution in [0.1, 0.15) is 32.4 Å². The highest BCUT2D eigenvalue weighted by Gasteiger charge is 2.49. The van der Waals surface area contributed by atoms with Crippen LogP contribution in [-0.4, -0.2) is 33.8 Å². The second kappa shape index (κ2) is 3.76. The highest BCUT2D eigenvalue weighted by molar-refractivity contribution is 8.31. The lowest BCUT2D eigenvalue weighted by atomic mass is 9.90. The summed E-state index contributed by atoms with van der Waals surface area (Å²) in [5, 5.41) is 8.66. The van der Waals surface area contributed by atoms with Gasteiger partial charge in [0.25, 0.3) is 0 Å². The molecular weight excluding hydrogens is 218 g/mol. The second-order valence-electron chi connectivity index (χ2n) is 6.17. The molecule has 1 aliphatic rings. The normalized spacial score (nSPS) is 20.1. The van der Waals surface area contributed by atoms with E-state index >= 15 is 0 Å². The van der Waals surface area contributed by atoms with Gasteiger partial charge in [0.2, 0.25) is 0 Å². The number of aromatic nitrogens is 3. The minimum Gasteiger partial charge on any atom is -0.244 e. The zero-order valence-corrected chi connectivity index (χ0v) is 11.8. The molecular formula is C12H23N3S. The van der Waals surface area contributed by atoms with Crippen molar-refractivity contribution in [3.63, 3.8) is 0 Å². The van der Waals surface area contributed by atoms with Gasteiger partial charge in [0.15, 0.2) is 0 Å². The first-order chi connectivity index (χ1) is 7.33. The summed E-state index contributed by atoms with van der Waals surface area (Å²) in [7, 11) is -0.549.